The number of ether oxygens (including phenoxy) is 2. The van der Waals surface area contributed by atoms with Gasteiger partial charge in [-0.2, -0.15) is 5.10 Å². The van der Waals surface area contributed by atoms with E-state index in [0.717, 1.165) is 12.8 Å². The van der Waals surface area contributed by atoms with Crippen LogP contribution in [0.1, 0.15) is 40.8 Å². The van der Waals surface area contributed by atoms with Gasteiger partial charge in [-0.1, -0.05) is 36.4 Å². The van der Waals surface area contributed by atoms with Gasteiger partial charge in [0.05, 0.1) is 20.0 Å². The number of para-hydroxylation sites is 1. The van der Waals surface area contributed by atoms with Crippen molar-refractivity contribution in [1.29, 1.82) is 0 Å². The standard InChI is InChI=1S/C23H24N7O5PS/c1-34-16-9-6-10-17(35-2)18(16)29-21(20-24-19(15-11-12-15)27-30(20)36)25-26-22(29)23(31)28-37(32,33)13-14-7-4-3-5-8-14/h3-10,15H,11-13,36H2,1-2H3,(H,28,31). The Kier molecular flexibility index (Phi) is 6.65. The summed E-state index contributed by atoms with van der Waals surface area (Å²) in [5, 5.41) is 12.7. The SMILES string of the molecule is COc1cccc(OC)c1-n1c(C(=O)NS(=O)(=O)Cc2ccccc2)nnc1-c1nc(C2CC2)nn1P. The lowest BCUT2D eigenvalue weighted by Gasteiger charge is -2.16. The van der Waals surface area contributed by atoms with Gasteiger partial charge in [-0.3, -0.25) is 9.36 Å². The maximum Gasteiger partial charge on any atom is 0.303 e. The zero-order chi connectivity index (χ0) is 26.2. The number of methoxy groups -OCH3 is 2. The van der Waals surface area contributed by atoms with E-state index in [1.807, 2.05) is 0 Å². The van der Waals surface area contributed by atoms with Crippen LogP contribution >= 0.6 is 9.39 Å². The number of carbonyl (C=O) groups excluding carboxylic acids is 1. The predicted octanol–water partition coefficient (Wildman–Crippen LogP) is 2.32. The van der Waals surface area contributed by atoms with Gasteiger partial charge in [0.1, 0.15) is 17.2 Å². The highest BCUT2D eigenvalue weighted by Crippen LogP contribution is 2.40. The first kappa shape index (κ1) is 24.8. The highest BCUT2D eigenvalue weighted by Gasteiger charge is 2.33. The summed E-state index contributed by atoms with van der Waals surface area (Å²) in [6.07, 6.45) is 1.99. The third kappa shape index (κ3) is 5.05. The Morgan fingerprint density at radius 2 is 1.70 bits per heavy atom. The molecule has 1 saturated carbocycles. The van der Waals surface area contributed by atoms with Crippen molar-refractivity contribution in [1.82, 2.24) is 34.0 Å². The molecule has 12 nitrogen and oxygen atoms in total. The molecule has 14 heteroatoms. The van der Waals surface area contributed by atoms with E-state index in [1.165, 1.54) is 23.2 Å². The van der Waals surface area contributed by atoms with Crippen molar-refractivity contribution in [2.75, 3.05) is 14.2 Å². The summed E-state index contributed by atoms with van der Waals surface area (Å²) in [5.74, 6) is 0.435. The molecule has 5 rings (SSSR count). The number of nitrogens with one attached hydrogen (secondary N) is 1. The minimum absolute atomic E-state index is 0.155. The van der Waals surface area contributed by atoms with E-state index < -0.39 is 15.9 Å². The molecule has 192 valence electrons. The van der Waals surface area contributed by atoms with E-state index in [2.05, 4.69) is 34.4 Å². The van der Waals surface area contributed by atoms with Crippen molar-refractivity contribution in [2.45, 2.75) is 24.5 Å². The van der Waals surface area contributed by atoms with Gasteiger partial charge >= 0.3 is 5.91 Å². The van der Waals surface area contributed by atoms with Crippen LogP contribution in [0.25, 0.3) is 17.3 Å². The maximum absolute atomic E-state index is 13.4. The average Bonchev–Trinajstić information content (AvgIpc) is 3.53. The van der Waals surface area contributed by atoms with E-state index >= 15 is 0 Å². The molecule has 2 aromatic carbocycles. The highest BCUT2D eigenvalue weighted by atomic mass is 32.2. The maximum atomic E-state index is 13.4. The normalized spacial score (nSPS) is 13.4. The van der Waals surface area contributed by atoms with Crippen molar-refractivity contribution in [3.05, 3.63) is 65.7 Å². The van der Waals surface area contributed by atoms with Crippen LogP contribution in [0.5, 0.6) is 11.5 Å². The summed E-state index contributed by atoms with van der Waals surface area (Å²) in [7, 11) is 1.33. The van der Waals surface area contributed by atoms with Crippen molar-refractivity contribution in [2.24, 2.45) is 0 Å². The molecule has 0 radical (unpaired) electrons. The number of benzene rings is 2. The van der Waals surface area contributed by atoms with Gasteiger partial charge in [-0.25, -0.2) is 22.6 Å². The number of hydrogen-bond acceptors (Lipinski definition) is 9. The summed E-state index contributed by atoms with van der Waals surface area (Å²) >= 11 is 0. The second-order valence-electron chi connectivity index (χ2n) is 8.38. The van der Waals surface area contributed by atoms with Gasteiger partial charge in [0.15, 0.2) is 11.6 Å². The first-order valence-corrected chi connectivity index (χ1v) is 13.5. The number of amides is 1. The van der Waals surface area contributed by atoms with Crippen LogP contribution in [-0.4, -0.2) is 57.8 Å². The van der Waals surface area contributed by atoms with Gasteiger partial charge in [0.2, 0.25) is 21.7 Å². The summed E-state index contributed by atoms with van der Waals surface area (Å²) in [6.45, 7) is 0. The molecule has 2 heterocycles. The van der Waals surface area contributed by atoms with Crippen molar-refractivity contribution < 1.29 is 22.7 Å². The van der Waals surface area contributed by atoms with Crippen LogP contribution in [0, 0.1) is 0 Å². The van der Waals surface area contributed by atoms with E-state index in [-0.39, 0.29) is 23.3 Å². The molecule has 2 aromatic heterocycles. The molecule has 1 aliphatic carbocycles. The number of carbonyl (C=O) groups is 1. The fourth-order valence-electron chi connectivity index (χ4n) is 3.86. The average molecular weight is 542 g/mol. The molecule has 1 amide bonds. The number of aromatic nitrogens is 6. The highest BCUT2D eigenvalue weighted by molar-refractivity contribution is 7.89. The third-order valence-corrected chi connectivity index (χ3v) is 7.30. The van der Waals surface area contributed by atoms with Gasteiger partial charge in [0.25, 0.3) is 0 Å². The van der Waals surface area contributed by atoms with Crippen LogP contribution in [0.4, 0.5) is 0 Å². The van der Waals surface area contributed by atoms with Gasteiger partial charge in [-0.05, 0) is 39.9 Å². The van der Waals surface area contributed by atoms with Crippen LogP contribution in [-0.2, 0) is 15.8 Å². The van der Waals surface area contributed by atoms with Crippen LogP contribution in [0.3, 0.4) is 0 Å². The molecule has 0 bridgehead atoms. The minimum Gasteiger partial charge on any atom is -0.494 e. The lowest BCUT2D eigenvalue weighted by atomic mass is 10.2. The smallest absolute Gasteiger partial charge is 0.303 e. The monoisotopic (exact) mass is 541 g/mol. The fourth-order valence-corrected chi connectivity index (χ4v) is 5.23. The van der Waals surface area contributed by atoms with Gasteiger partial charge in [-0.15, -0.1) is 10.2 Å². The minimum atomic E-state index is -4.06. The second-order valence-corrected chi connectivity index (χ2v) is 10.6. The van der Waals surface area contributed by atoms with Crippen molar-refractivity contribution in [3.8, 4) is 28.8 Å². The van der Waals surface area contributed by atoms with Gasteiger partial charge in [0, 0.05) is 5.92 Å². The van der Waals surface area contributed by atoms with Crippen LogP contribution < -0.4 is 14.2 Å². The quantitative estimate of drug-likeness (QED) is 0.316. The lowest BCUT2D eigenvalue weighted by molar-refractivity contribution is 0.0969. The summed E-state index contributed by atoms with van der Waals surface area (Å²) in [5.41, 5.74) is 0.833. The summed E-state index contributed by atoms with van der Waals surface area (Å²) in [6, 6.07) is 13.6. The molecule has 0 spiro atoms. The Morgan fingerprint density at radius 3 is 2.32 bits per heavy atom. The number of nitrogens with zero attached hydrogens (tertiary/aromatic N) is 6. The zero-order valence-electron chi connectivity index (χ0n) is 20.0. The third-order valence-electron chi connectivity index (χ3n) is 5.73. The molecular weight excluding hydrogens is 517 g/mol. The zero-order valence-corrected chi connectivity index (χ0v) is 22.0. The second kappa shape index (κ2) is 9.91. The molecule has 1 unspecified atom stereocenters. The molecule has 0 aliphatic heterocycles. The van der Waals surface area contributed by atoms with Crippen molar-refractivity contribution in [3.63, 3.8) is 0 Å². The van der Waals surface area contributed by atoms with E-state index in [0.29, 0.717) is 34.4 Å². The summed E-state index contributed by atoms with van der Waals surface area (Å²) < 4.78 is 41.7. The first-order valence-electron chi connectivity index (χ1n) is 11.3. The molecule has 1 aliphatic rings. The van der Waals surface area contributed by atoms with E-state index in [1.54, 1.807) is 48.5 Å². The number of rotatable bonds is 9. The van der Waals surface area contributed by atoms with Crippen molar-refractivity contribution >= 4 is 25.3 Å². The Balaban J connectivity index is 1.62. The number of sulfonamides is 1. The molecule has 4 aromatic rings. The summed E-state index contributed by atoms with van der Waals surface area (Å²) in [4.78, 5) is 18.0. The Labute approximate surface area is 215 Å². The largest absolute Gasteiger partial charge is 0.494 e. The van der Waals surface area contributed by atoms with E-state index in [4.69, 9.17) is 9.47 Å². The van der Waals surface area contributed by atoms with E-state index in [9.17, 15) is 13.2 Å². The Hall–Kier alpha value is -3.83. The Morgan fingerprint density at radius 1 is 1.03 bits per heavy atom. The molecule has 0 saturated heterocycles. The predicted molar refractivity (Wildman–Crippen MR) is 137 cm³/mol. The molecule has 1 N–H and O–H groups in total. The number of hydrogen-bond donors (Lipinski definition) is 1. The van der Waals surface area contributed by atoms with Crippen LogP contribution in [0.15, 0.2) is 48.5 Å². The molecule has 1 atom stereocenters. The topological polar surface area (TPSA) is 143 Å². The molecular formula is C23H24N7O5PS. The van der Waals surface area contributed by atoms with Gasteiger partial charge < -0.3 is 9.47 Å². The fraction of sp³-hybridized carbons (Fsp3) is 0.261. The molecule has 1 fully saturated rings. The Bertz CT molecular complexity index is 1540. The lowest BCUT2D eigenvalue weighted by Crippen LogP contribution is -2.33. The first-order chi connectivity index (χ1) is 17.8. The van der Waals surface area contributed by atoms with Crippen LogP contribution in [0.2, 0.25) is 0 Å². The molecule has 37 heavy (non-hydrogen) atoms.